The van der Waals surface area contributed by atoms with Crippen LogP contribution in [-0.2, 0) is 6.42 Å². The molecule has 0 aliphatic carbocycles. The average molecular weight is 238 g/mol. The molecule has 1 aromatic carbocycles. The molecule has 3 nitrogen and oxygen atoms in total. The molecule has 0 amide bonds. The van der Waals surface area contributed by atoms with E-state index in [1.165, 1.54) is 0 Å². The van der Waals surface area contributed by atoms with Crippen molar-refractivity contribution in [3.8, 4) is 11.8 Å². The molecule has 18 heavy (non-hydrogen) atoms. The number of nitrogens with zero attached hydrogens (tertiary/aromatic N) is 2. The predicted molar refractivity (Wildman–Crippen MR) is 69.3 cm³/mol. The van der Waals surface area contributed by atoms with E-state index in [0.717, 1.165) is 17.0 Å². The van der Waals surface area contributed by atoms with Crippen molar-refractivity contribution in [2.45, 2.75) is 12.3 Å². The maximum atomic E-state index is 9.26. The molecule has 0 bridgehead atoms. The Bertz CT molecular complexity index is 529. The van der Waals surface area contributed by atoms with Crippen LogP contribution in [0.3, 0.4) is 0 Å². The summed E-state index contributed by atoms with van der Waals surface area (Å²) in [5.74, 6) is 0.624. The highest BCUT2D eigenvalue weighted by atomic mass is 16.5. The standard InChI is InChI=1S/C15H14N2O/c1-18-15-7-5-12(6-8-15)13(11-16)10-14-4-2-3-9-17-14/h2-9,13H,10H2,1H3. The highest BCUT2D eigenvalue weighted by molar-refractivity contribution is 5.33. The molecule has 0 radical (unpaired) electrons. The number of methoxy groups -OCH3 is 1. The van der Waals surface area contributed by atoms with E-state index in [9.17, 15) is 5.26 Å². The van der Waals surface area contributed by atoms with Gasteiger partial charge in [-0.3, -0.25) is 4.98 Å². The zero-order chi connectivity index (χ0) is 12.8. The number of rotatable bonds is 4. The minimum absolute atomic E-state index is 0.175. The van der Waals surface area contributed by atoms with E-state index in [4.69, 9.17) is 4.74 Å². The topological polar surface area (TPSA) is 45.9 Å². The van der Waals surface area contributed by atoms with Gasteiger partial charge in [-0.2, -0.15) is 5.26 Å². The van der Waals surface area contributed by atoms with Crippen LogP contribution in [0.4, 0.5) is 0 Å². The molecule has 2 aromatic rings. The first-order valence-electron chi connectivity index (χ1n) is 5.77. The van der Waals surface area contributed by atoms with Crippen molar-refractivity contribution in [2.75, 3.05) is 7.11 Å². The summed E-state index contributed by atoms with van der Waals surface area (Å²) in [6.07, 6.45) is 2.38. The summed E-state index contributed by atoms with van der Waals surface area (Å²) in [5.41, 5.74) is 1.92. The summed E-state index contributed by atoms with van der Waals surface area (Å²) in [7, 11) is 1.63. The Morgan fingerprint density at radius 3 is 2.56 bits per heavy atom. The molecule has 1 atom stereocenters. The Morgan fingerprint density at radius 2 is 2.00 bits per heavy atom. The van der Waals surface area contributed by atoms with Crippen molar-refractivity contribution in [3.05, 3.63) is 59.9 Å². The number of ether oxygens (including phenoxy) is 1. The summed E-state index contributed by atoms with van der Waals surface area (Å²) in [5, 5.41) is 9.26. The van der Waals surface area contributed by atoms with Crippen molar-refractivity contribution < 1.29 is 4.74 Å². The van der Waals surface area contributed by atoms with Gasteiger partial charge in [0.25, 0.3) is 0 Å². The summed E-state index contributed by atoms with van der Waals surface area (Å²) >= 11 is 0. The molecule has 0 saturated carbocycles. The van der Waals surface area contributed by atoms with Gasteiger partial charge in [0.1, 0.15) is 5.75 Å². The highest BCUT2D eigenvalue weighted by Crippen LogP contribution is 2.21. The molecule has 0 N–H and O–H groups in total. The van der Waals surface area contributed by atoms with Crippen molar-refractivity contribution in [1.29, 1.82) is 5.26 Å². The van der Waals surface area contributed by atoms with Gasteiger partial charge in [-0.25, -0.2) is 0 Å². The molecule has 0 spiro atoms. The zero-order valence-electron chi connectivity index (χ0n) is 10.2. The van der Waals surface area contributed by atoms with Crippen LogP contribution in [-0.4, -0.2) is 12.1 Å². The van der Waals surface area contributed by atoms with Crippen LogP contribution in [0.25, 0.3) is 0 Å². The first-order valence-corrected chi connectivity index (χ1v) is 5.77. The lowest BCUT2D eigenvalue weighted by Gasteiger charge is -2.09. The van der Waals surface area contributed by atoms with E-state index in [1.54, 1.807) is 13.3 Å². The molecule has 2 rings (SSSR count). The van der Waals surface area contributed by atoms with Crippen molar-refractivity contribution in [3.63, 3.8) is 0 Å². The SMILES string of the molecule is COc1ccc(C(C#N)Cc2ccccn2)cc1. The fourth-order valence-corrected chi connectivity index (χ4v) is 1.80. The fraction of sp³-hybridized carbons (Fsp3) is 0.200. The van der Waals surface area contributed by atoms with Crippen molar-refractivity contribution in [1.82, 2.24) is 4.98 Å². The molecule has 0 saturated heterocycles. The molecule has 0 aliphatic rings. The molecule has 0 fully saturated rings. The third-order valence-corrected chi connectivity index (χ3v) is 2.81. The Morgan fingerprint density at radius 1 is 1.22 bits per heavy atom. The third-order valence-electron chi connectivity index (χ3n) is 2.81. The summed E-state index contributed by atoms with van der Waals surface area (Å²) in [6.45, 7) is 0. The quantitative estimate of drug-likeness (QED) is 0.822. The van der Waals surface area contributed by atoms with Gasteiger partial charge >= 0.3 is 0 Å². The average Bonchev–Trinajstić information content (AvgIpc) is 2.46. The lowest BCUT2D eigenvalue weighted by molar-refractivity contribution is 0.414. The van der Waals surface area contributed by atoms with Crippen molar-refractivity contribution >= 4 is 0 Å². The molecule has 1 aromatic heterocycles. The van der Waals surface area contributed by atoms with Gasteiger partial charge in [-0.1, -0.05) is 18.2 Å². The Labute approximate surface area is 107 Å². The van der Waals surface area contributed by atoms with Gasteiger partial charge in [0.15, 0.2) is 0 Å². The lowest BCUT2D eigenvalue weighted by atomic mass is 9.95. The number of pyridine rings is 1. The zero-order valence-corrected chi connectivity index (χ0v) is 10.2. The van der Waals surface area contributed by atoms with E-state index in [-0.39, 0.29) is 5.92 Å². The van der Waals surface area contributed by atoms with Crippen LogP contribution in [0.5, 0.6) is 5.75 Å². The van der Waals surface area contributed by atoms with Gasteiger partial charge in [-0.05, 0) is 29.8 Å². The van der Waals surface area contributed by atoms with E-state index in [1.807, 2.05) is 42.5 Å². The second-order valence-corrected chi connectivity index (χ2v) is 3.98. The highest BCUT2D eigenvalue weighted by Gasteiger charge is 2.12. The van der Waals surface area contributed by atoms with Crippen LogP contribution >= 0.6 is 0 Å². The molecule has 1 heterocycles. The smallest absolute Gasteiger partial charge is 0.118 e. The maximum Gasteiger partial charge on any atom is 0.118 e. The third kappa shape index (κ3) is 2.86. The largest absolute Gasteiger partial charge is 0.497 e. The van der Waals surface area contributed by atoms with Gasteiger partial charge < -0.3 is 4.74 Å². The molecular weight excluding hydrogens is 224 g/mol. The van der Waals surface area contributed by atoms with Crippen LogP contribution in [0.15, 0.2) is 48.7 Å². The normalized spacial score (nSPS) is 11.6. The van der Waals surface area contributed by atoms with Gasteiger partial charge in [0, 0.05) is 18.3 Å². The molecule has 0 aliphatic heterocycles. The molecule has 3 heteroatoms. The Kier molecular flexibility index (Phi) is 3.93. The number of nitriles is 1. The van der Waals surface area contributed by atoms with Crippen LogP contribution in [0.2, 0.25) is 0 Å². The van der Waals surface area contributed by atoms with Gasteiger partial charge in [-0.15, -0.1) is 0 Å². The first kappa shape index (κ1) is 12.1. The Balaban J connectivity index is 2.16. The van der Waals surface area contributed by atoms with Gasteiger partial charge in [0.2, 0.25) is 0 Å². The number of aromatic nitrogens is 1. The minimum Gasteiger partial charge on any atom is -0.497 e. The van der Waals surface area contributed by atoms with Crippen molar-refractivity contribution in [2.24, 2.45) is 0 Å². The minimum atomic E-state index is -0.175. The number of hydrogen-bond donors (Lipinski definition) is 0. The predicted octanol–water partition coefficient (Wildman–Crippen LogP) is 2.94. The number of hydrogen-bond acceptors (Lipinski definition) is 3. The van der Waals surface area contributed by atoms with Gasteiger partial charge in [0.05, 0.1) is 19.1 Å². The molecule has 1 unspecified atom stereocenters. The summed E-state index contributed by atoms with van der Waals surface area (Å²) in [6, 6.07) is 15.7. The summed E-state index contributed by atoms with van der Waals surface area (Å²) in [4.78, 5) is 4.25. The monoisotopic (exact) mass is 238 g/mol. The van der Waals surface area contributed by atoms with E-state index >= 15 is 0 Å². The molecule has 90 valence electrons. The summed E-state index contributed by atoms with van der Waals surface area (Å²) < 4.78 is 5.11. The first-order chi connectivity index (χ1) is 8.83. The lowest BCUT2D eigenvalue weighted by Crippen LogP contribution is -2.02. The van der Waals surface area contributed by atoms with E-state index < -0.39 is 0 Å². The van der Waals surface area contributed by atoms with Crippen LogP contribution in [0.1, 0.15) is 17.2 Å². The Hall–Kier alpha value is -2.34. The molecular formula is C15H14N2O. The second-order valence-electron chi connectivity index (χ2n) is 3.98. The number of benzene rings is 1. The maximum absolute atomic E-state index is 9.26. The second kappa shape index (κ2) is 5.83. The van der Waals surface area contributed by atoms with E-state index in [2.05, 4.69) is 11.1 Å². The fourth-order valence-electron chi connectivity index (χ4n) is 1.80. The van der Waals surface area contributed by atoms with Crippen LogP contribution in [0, 0.1) is 11.3 Å². The van der Waals surface area contributed by atoms with E-state index in [0.29, 0.717) is 6.42 Å². The van der Waals surface area contributed by atoms with Crippen LogP contribution < -0.4 is 4.74 Å².